The number of carboxylic acids is 1. The first kappa shape index (κ1) is 26.0. The number of likely N-dealkylation sites (tertiary alicyclic amines) is 1. The highest BCUT2D eigenvalue weighted by molar-refractivity contribution is 5.76. The summed E-state index contributed by atoms with van der Waals surface area (Å²) in [6.07, 6.45) is 6.21. The Morgan fingerprint density at radius 2 is 2.11 bits per heavy atom. The average Bonchev–Trinajstić information content (AvgIpc) is 3.60. The molecule has 2 aromatic rings. The number of benzene rings is 1. The maximum Gasteiger partial charge on any atom is 0.325 e. The molecule has 0 amide bonds. The Labute approximate surface area is 217 Å². The van der Waals surface area contributed by atoms with Crippen LogP contribution in [-0.4, -0.2) is 53.4 Å². The standard InChI is InChI=1S/C29H37F2N3O3/c30-21-10-12-23(26-8-4-16-37-26)24(17-21)27(29(35)36)34-15-13-20(18-34)25(31)7-2-1-6-22-11-9-19-5-3-14-32-28(19)33-22/h9-12,17,20,25-27H,1-8,13-16,18H2,(H,32,33)(H,35,36). The SMILES string of the molecule is O=C(O)C(c1cc(F)ccc1C1CCCO1)N1CCC(C(F)CCCCc2ccc3c(n2)NCCC3)C1. The molecule has 1 aromatic carbocycles. The van der Waals surface area contributed by atoms with Gasteiger partial charge >= 0.3 is 5.97 Å². The molecule has 3 aliphatic heterocycles. The number of anilines is 1. The molecule has 0 radical (unpaired) electrons. The van der Waals surface area contributed by atoms with Crippen LogP contribution in [-0.2, 0) is 22.4 Å². The van der Waals surface area contributed by atoms with Gasteiger partial charge in [0.2, 0.25) is 0 Å². The Bertz CT molecular complexity index is 1090. The van der Waals surface area contributed by atoms with E-state index in [9.17, 15) is 14.3 Å². The maximum absolute atomic E-state index is 15.2. The molecule has 4 atom stereocenters. The van der Waals surface area contributed by atoms with E-state index >= 15 is 4.39 Å². The molecule has 2 N–H and O–H groups in total. The van der Waals surface area contributed by atoms with Crippen molar-refractivity contribution in [2.24, 2.45) is 5.92 Å². The fourth-order valence-corrected chi connectivity index (χ4v) is 6.12. The van der Waals surface area contributed by atoms with E-state index in [2.05, 4.69) is 17.4 Å². The summed E-state index contributed by atoms with van der Waals surface area (Å²) in [6.45, 7) is 2.42. The van der Waals surface area contributed by atoms with Crippen molar-refractivity contribution in [1.29, 1.82) is 0 Å². The average molecular weight is 514 g/mol. The second-order valence-electron chi connectivity index (χ2n) is 10.7. The molecule has 8 heteroatoms. The molecule has 5 rings (SSSR count). The number of pyridine rings is 1. The van der Waals surface area contributed by atoms with Gasteiger partial charge in [0.25, 0.3) is 0 Å². The van der Waals surface area contributed by atoms with E-state index in [1.54, 1.807) is 11.0 Å². The highest BCUT2D eigenvalue weighted by Gasteiger charge is 2.38. The van der Waals surface area contributed by atoms with Crippen molar-refractivity contribution < 1.29 is 23.4 Å². The predicted octanol–water partition coefficient (Wildman–Crippen LogP) is 5.63. The van der Waals surface area contributed by atoms with Crippen molar-refractivity contribution >= 4 is 11.8 Å². The van der Waals surface area contributed by atoms with Gasteiger partial charge in [-0.1, -0.05) is 18.6 Å². The number of halogens is 2. The molecule has 4 unspecified atom stereocenters. The maximum atomic E-state index is 15.2. The van der Waals surface area contributed by atoms with E-state index in [0.29, 0.717) is 38.1 Å². The Morgan fingerprint density at radius 3 is 2.92 bits per heavy atom. The van der Waals surface area contributed by atoms with Crippen LogP contribution in [0.1, 0.15) is 79.5 Å². The minimum Gasteiger partial charge on any atom is -0.480 e. The number of aliphatic carboxylic acids is 1. The molecule has 37 heavy (non-hydrogen) atoms. The number of aryl methyl sites for hydroxylation is 2. The molecular formula is C29H37F2N3O3. The van der Waals surface area contributed by atoms with Crippen LogP contribution in [0.15, 0.2) is 30.3 Å². The highest BCUT2D eigenvalue weighted by atomic mass is 19.1. The van der Waals surface area contributed by atoms with Gasteiger partial charge in [0.1, 0.15) is 23.8 Å². The fourth-order valence-electron chi connectivity index (χ4n) is 6.12. The van der Waals surface area contributed by atoms with Crippen LogP contribution < -0.4 is 5.32 Å². The summed E-state index contributed by atoms with van der Waals surface area (Å²) in [4.78, 5) is 18.9. The summed E-state index contributed by atoms with van der Waals surface area (Å²) in [6, 6.07) is 7.56. The van der Waals surface area contributed by atoms with Crippen molar-refractivity contribution in [2.45, 2.75) is 76.1 Å². The monoisotopic (exact) mass is 513 g/mol. The van der Waals surface area contributed by atoms with Crippen molar-refractivity contribution in [1.82, 2.24) is 9.88 Å². The Balaban J connectivity index is 1.16. The third-order valence-corrected chi connectivity index (χ3v) is 8.10. The molecule has 4 heterocycles. The zero-order chi connectivity index (χ0) is 25.8. The Hall–Kier alpha value is -2.58. The van der Waals surface area contributed by atoms with Crippen molar-refractivity contribution in [2.75, 3.05) is 31.6 Å². The molecule has 2 fully saturated rings. The predicted molar refractivity (Wildman–Crippen MR) is 138 cm³/mol. The second-order valence-corrected chi connectivity index (χ2v) is 10.7. The summed E-state index contributed by atoms with van der Waals surface area (Å²) >= 11 is 0. The van der Waals surface area contributed by atoms with Gasteiger partial charge in [-0.25, -0.2) is 13.8 Å². The lowest BCUT2D eigenvalue weighted by Gasteiger charge is -2.28. The first-order chi connectivity index (χ1) is 18.0. The fraction of sp³-hybridized carbons (Fsp3) is 0.586. The Morgan fingerprint density at radius 1 is 1.22 bits per heavy atom. The Kier molecular flexibility index (Phi) is 8.35. The number of carbonyl (C=O) groups is 1. The number of hydrogen-bond donors (Lipinski definition) is 2. The number of nitrogens with one attached hydrogen (secondary N) is 1. The van der Waals surface area contributed by atoms with Gasteiger partial charge in [-0.15, -0.1) is 0 Å². The van der Waals surface area contributed by atoms with Crippen molar-refractivity contribution in [3.63, 3.8) is 0 Å². The van der Waals surface area contributed by atoms with E-state index in [-0.39, 0.29) is 12.0 Å². The van der Waals surface area contributed by atoms with E-state index in [0.717, 1.165) is 68.6 Å². The molecule has 1 aromatic heterocycles. The molecule has 3 aliphatic rings. The lowest BCUT2D eigenvalue weighted by Crippen LogP contribution is -2.34. The third kappa shape index (κ3) is 6.12. The van der Waals surface area contributed by atoms with Crippen LogP contribution in [0.5, 0.6) is 0 Å². The van der Waals surface area contributed by atoms with E-state index in [4.69, 9.17) is 9.72 Å². The number of carboxylic acid groups (broad SMARTS) is 1. The topological polar surface area (TPSA) is 74.7 Å². The molecule has 0 saturated carbocycles. The lowest BCUT2D eigenvalue weighted by atomic mass is 9.94. The number of ether oxygens (including phenoxy) is 1. The summed E-state index contributed by atoms with van der Waals surface area (Å²) < 4.78 is 35.2. The lowest BCUT2D eigenvalue weighted by molar-refractivity contribution is -0.143. The van der Waals surface area contributed by atoms with Crippen LogP contribution in [0.25, 0.3) is 0 Å². The highest BCUT2D eigenvalue weighted by Crippen LogP contribution is 2.38. The minimum atomic E-state index is -1.03. The summed E-state index contributed by atoms with van der Waals surface area (Å²) in [5.41, 5.74) is 3.47. The summed E-state index contributed by atoms with van der Waals surface area (Å²) in [5, 5.41) is 13.5. The normalized spacial score (nSPS) is 23.4. The molecule has 0 spiro atoms. The largest absolute Gasteiger partial charge is 0.480 e. The zero-order valence-corrected chi connectivity index (χ0v) is 21.3. The van der Waals surface area contributed by atoms with Gasteiger partial charge in [-0.2, -0.15) is 0 Å². The molecule has 200 valence electrons. The third-order valence-electron chi connectivity index (χ3n) is 8.10. The first-order valence-electron chi connectivity index (χ1n) is 13.7. The second kappa shape index (κ2) is 11.9. The van der Waals surface area contributed by atoms with E-state index < -0.39 is 24.0 Å². The van der Waals surface area contributed by atoms with Crippen LogP contribution in [0.2, 0.25) is 0 Å². The number of rotatable bonds is 10. The zero-order valence-electron chi connectivity index (χ0n) is 21.3. The van der Waals surface area contributed by atoms with Crippen molar-refractivity contribution in [3.8, 4) is 0 Å². The van der Waals surface area contributed by atoms with Gasteiger partial charge in [-0.3, -0.25) is 9.69 Å². The first-order valence-corrected chi connectivity index (χ1v) is 13.7. The number of fused-ring (bicyclic) bond motifs is 1. The smallest absolute Gasteiger partial charge is 0.325 e. The van der Waals surface area contributed by atoms with Gasteiger partial charge in [0.15, 0.2) is 0 Å². The molecule has 0 bridgehead atoms. The molecule has 0 aliphatic carbocycles. The van der Waals surface area contributed by atoms with Crippen molar-refractivity contribution in [3.05, 3.63) is 58.5 Å². The van der Waals surface area contributed by atoms with Gasteiger partial charge in [-0.05, 0) is 92.8 Å². The number of aromatic nitrogens is 1. The van der Waals surface area contributed by atoms with Crippen LogP contribution in [0.3, 0.4) is 0 Å². The van der Waals surface area contributed by atoms with Crippen LogP contribution >= 0.6 is 0 Å². The molecule has 2 saturated heterocycles. The van der Waals surface area contributed by atoms with E-state index in [1.807, 2.05) is 0 Å². The molecule has 6 nitrogen and oxygen atoms in total. The van der Waals surface area contributed by atoms with Gasteiger partial charge in [0, 0.05) is 31.3 Å². The molecular weight excluding hydrogens is 476 g/mol. The number of unbranched alkanes of at least 4 members (excludes halogenated alkanes) is 1. The van der Waals surface area contributed by atoms with Gasteiger partial charge in [0.05, 0.1) is 6.10 Å². The summed E-state index contributed by atoms with van der Waals surface area (Å²) in [5.74, 6) is -0.723. The minimum absolute atomic E-state index is 0.215. The van der Waals surface area contributed by atoms with Gasteiger partial charge < -0.3 is 15.2 Å². The number of hydrogen-bond acceptors (Lipinski definition) is 5. The summed E-state index contributed by atoms with van der Waals surface area (Å²) in [7, 11) is 0. The number of nitrogens with zero attached hydrogens (tertiary/aromatic N) is 2. The number of alkyl halides is 1. The van der Waals surface area contributed by atoms with Crippen LogP contribution in [0, 0.1) is 11.7 Å². The van der Waals surface area contributed by atoms with Crippen LogP contribution in [0.4, 0.5) is 14.6 Å². The van der Waals surface area contributed by atoms with E-state index in [1.165, 1.54) is 17.7 Å². The quantitative estimate of drug-likeness (QED) is 0.401.